The van der Waals surface area contributed by atoms with Crippen LogP contribution < -0.4 is 0 Å². The first-order valence-corrected chi connectivity index (χ1v) is 5.28. The molecule has 0 unspecified atom stereocenters. The van der Waals surface area contributed by atoms with E-state index in [-0.39, 0.29) is 11.5 Å². The Morgan fingerprint density at radius 3 is 2.59 bits per heavy atom. The van der Waals surface area contributed by atoms with Gasteiger partial charge in [0.25, 0.3) is 0 Å². The van der Waals surface area contributed by atoms with Gasteiger partial charge in [-0.1, -0.05) is 19.8 Å². The SMILES string of the molecule is C#Cc1c(F)c(F)cc2cncc(C(C)C)c12. The normalized spacial score (nSPS) is 10.8. The molecule has 0 saturated carbocycles. The molecule has 0 spiro atoms. The van der Waals surface area contributed by atoms with Gasteiger partial charge in [0.15, 0.2) is 11.6 Å². The largest absolute Gasteiger partial charge is 0.264 e. The highest BCUT2D eigenvalue weighted by molar-refractivity contribution is 5.91. The molecule has 2 rings (SSSR count). The van der Waals surface area contributed by atoms with Crippen LogP contribution in [-0.2, 0) is 0 Å². The van der Waals surface area contributed by atoms with Crippen molar-refractivity contribution < 1.29 is 8.78 Å². The van der Waals surface area contributed by atoms with Crippen molar-refractivity contribution in [3.63, 3.8) is 0 Å². The van der Waals surface area contributed by atoms with Crippen molar-refractivity contribution >= 4 is 10.8 Å². The van der Waals surface area contributed by atoms with Crippen molar-refractivity contribution in [3.05, 3.63) is 41.2 Å². The Hall–Kier alpha value is -1.95. The van der Waals surface area contributed by atoms with Crippen LogP contribution in [0.3, 0.4) is 0 Å². The van der Waals surface area contributed by atoms with Crippen LogP contribution >= 0.6 is 0 Å². The molecular weight excluding hydrogens is 220 g/mol. The Bertz CT molecular complexity index is 624. The molecule has 3 heteroatoms. The Balaban J connectivity index is 2.99. The number of terminal acetylenes is 1. The van der Waals surface area contributed by atoms with Crippen LogP contribution in [0.15, 0.2) is 18.5 Å². The van der Waals surface area contributed by atoms with Gasteiger partial charge in [-0.3, -0.25) is 4.98 Å². The summed E-state index contributed by atoms with van der Waals surface area (Å²) in [5, 5.41) is 1.11. The van der Waals surface area contributed by atoms with Gasteiger partial charge in [-0.05, 0) is 17.5 Å². The van der Waals surface area contributed by atoms with E-state index < -0.39 is 11.6 Å². The van der Waals surface area contributed by atoms with Gasteiger partial charge in [-0.15, -0.1) is 6.42 Å². The quantitative estimate of drug-likeness (QED) is 0.683. The number of halogens is 2. The molecule has 0 fully saturated rings. The van der Waals surface area contributed by atoms with Crippen molar-refractivity contribution in [3.8, 4) is 12.3 Å². The molecule has 0 aliphatic rings. The Labute approximate surface area is 98.5 Å². The van der Waals surface area contributed by atoms with Gasteiger partial charge in [-0.25, -0.2) is 8.78 Å². The van der Waals surface area contributed by atoms with Crippen LogP contribution in [0.5, 0.6) is 0 Å². The molecule has 86 valence electrons. The number of hydrogen-bond acceptors (Lipinski definition) is 1. The molecule has 0 atom stereocenters. The van der Waals surface area contributed by atoms with Crippen molar-refractivity contribution in [2.75, 3.05) is 0 Å². The van der Waals surface area contributed by atoms with Crippen molar-refractivity contribution in [1.82, 2.24) is 4.98 Å². The number of pyridine rings is 1. The lowest BCUT2D eigenvalue weighted by molar-refractivity contribution is 0.509. The molecular formula is C14H11F2N. The monoisotopic (exact) mass is 231 g/mol. The highest BCUT2D eigenvalue weighted by Crippen LogP contribution is 2.29. The van der Waals surface area contributed by atoms with E-state index in [1.54, 1.807) is 6.20 Å². The average Bonchev–Trinajstić information content (AvgIpc) is 2.30. The summed E-state index contributed by atoms with van der Waals surface area (Å²) in [7, 11) is 0. The van der Waals surface area contributed by atoms with Gasteiger partial charge in [0.2, 0.25) is 0 Å². The lowest BCUT2D eigenvalue weighted by atomic mass is 9.95. The number of fused-ring (bicyclic) bond motifs is 1. The minimum absolute atomic E-state index is 0.0221. The first kappa shape index (κ1) is 11.5. The number of aromatic nitrogens is 1. The van der Waals surface area contributed by atoms with Gasteiger partial charge in [0.05, 0.1) is 5.56 Å². The van der Waals surface area contributed by atoms with Gasteiger partial charge < -0.3 is 0 Å². The summed E-state index contributed by atoms with van der Waals surface area (Å²) in [6, 6.07) is 1.13. The zero-order valence-electron chi connectivity index (χ0n) is 9.59. The second-order valence-corrected chi connectivity index (χ2v) is 4.17. The number of rotatable bonds is 1. The highest BCUT2D eigenvalue weighted by atomic mass is 19.2. The third kappa shape index (κ3) is 1.76. The maximum Gasteiger partial charge on any atom is 0.175 e. The summed E-state index contributed by atoms with van der Waals surface area (Å²) in [6.07, 6.45) is 8.41. The Kier molecular flexibility index (Phi) is 2.81. The molecule has 0 amide bonds. The molecule has 0 aliphatic heterocycles. The van der Waals surface area contributed by atoms with Gasteiger partial charge >= 0.3 is 0 Å². The van der Waals surface area contributed by atoms with E-state index in [1.165, 1.54) is 6.20 Å². The van der Waals surface area contributed by atoms with E-state index in [0.29, 0.717) is 10.8 Å². The lowest BCUT2D eigenvalue weighted by Gasteiger charge is -2.11. The number of hydrogen-bond donors (Lipinski definition) is 0. The Morgan fingerprint density at radius 1 is 1.29 bits per heavy atom. The van der Waals surface area contributed by atoms with Crippen molar-refractivity contribution in [2.24, 2.45) is 0 Å². The van der Waals surface area contributed by atoms with E-state index in [2.05, 4.69) is 10.9 Å². The third-order valence-electron chi connectivity index (χ3n) is 2.73. The fourth-order valence-electron chi connectivity index (χ4n) is 1.89. The van der Waals surface area contributed by atoms with E-state index in [0.717, 1.165) is 11.6 Å². The van der Waals surface area contributed by atoms with Gasteiger partial charge in [-0.2, -0.15) is 0 Å². The summed E-state index contributed by atoms with van der Waals surface area (Å²) >= 11 is 0. The van der Waals surface area contributed by atoms with Crippen LogP contribution in [0.25, 0.3) is 10.8 Å². The fraction of sp³-hybridized carbons (Fsp3) is 0.214. The van der Waals surface area contributed by atoms with Crippen molar-refractivity contribution in [2.45, 2.75) is 19.8 Å². The molecule has 0 aliphatic carbocycles. The van der Waals surface area contributed by atoms with Crippen LogP contribution in [0.4, 0.5) is 8.78 Å². The smallest absolute Gasteiger partial charge is 0.175 e. The standard InChI is InChI=1S/C14H11F2N/c1-4-10-13-9(5-12(15)14(10)16)6-17-7-11(13)8(2)3/h1,5-8H,2-3H3. The molecule has 1 nitrogen and oxygen atoms in total. The van der Waals surface area contributed by atoms with Crippen LogP contribution in [-0.4, -0.2) is 4.98 Å². The molecule has 0 radical (unpaired) electrons. The zero-order valence-corrected chi connectivity index (χ0v) is 9.59. The maximum absolute atomic E-state index is 13.6. The molecule has 1 heterocycles. The summed E-state index contributed by atoms with van der Waals surface area (Å²) in [5.41, 5.74) is 0.806. The van der Waals surface area contributed by atoms with Crippen LogP contribution in [0, 0.1) is 24.0 Å². The molecule has 0 saturated heterocycles. The zero-order chi connectivity index (χ0) is 12.6. The van der Waals surface area contributed by atoms with E-state index in [4.69, 9.17) is 6.42 Å². The van der Waals surface area contributed by atoms with Crippen molar-refractivity contribution in [1.29, 1.82) is 0 Å². The molecule has 1 aromatic heterocycles. The first-order valence-electron chi connectivity index (χ1n) is 5.28. The summed E-state index contributed by atoms with van der Waals surface area (Å²) in [5.74, 6) is 0.472. The average molecular weight is 231 g/mol. The highest BCUT2D eigenvalue weighted by Gasteiger charge is 2.16. The maximum atomic E-state index is 13.6. The predicted octanol–water partition coefficient (Wildman–Crippen LogP) is 3.62. The van der Waals surface area contributed by atoms with E-state index >= 15 is 0 Å². The van der Waals surface area contributed by atoms with E-state index in [1.807, 2.05) is 13.8 Å². The Morgan fingerprint density at radius 2 is 2.00 bits per heavy atom. The summed E-state index contributed by atoms with van der Waals surface area (Å²) < 4.78 is 27.0. The lowest BCUT2D eigenvalue weighted by Crippen LogP contribution is -1.98. The topological polar surface area (TPSA) is 12.9 Å². The van der Waals surface area contributed by atoms with Gasteiger partial charge in [0.1, 0.15) is 0 Å². The summed E-state index contributed by atoms with van der Waals surface area (Å²) in [4.78, 5) is 4.02. The van der Waals surface area contributed by atoms with Crippen LogP contribution in [0.2, 0.25) is 0 Å². The molecule has 17 heavy (non-hydrogen) atoms. The minimum Gasteiger partial charge on any atom is -0.264 e. The predicted molar refractivity (Wildman–Crippen MR) is 63.7 cm³/mol. The number of nitrogens with zero attached hydrogens (tertiary/aromatic N) is 1. The van der Waals surface area contributed by atoms with E-state index in [9.17, 15) is 8.78 Å². The second kappa shape index (κ2) is 4.14. The fourth-order valence-corrected chi connectivity index (χ4v) is 1.89. The molecule has 1 aromatic carbocycles. The van der Waals surface area contributed by atoms with Crippen LogP contribution in [0.1, 0.15) is 30.9 Å². The molecule has 2 aromatic rings. The first-order chi connectivity index (χ1) is 8.06. The molecule has 0 N–H and O–H groups in total. The second-order valence-electron chi connectivity index (χ2n) is 4.17. The third-order valence-corrected chi connectivity index (χ3v) is 2.73. The van der Waals surface area contributed by atoms with Gasteiger partial charge in [0, 0.05) is 23.2 Å². The minimum atomic E-state index is -0.965. The summed E-state index contributed by atoms with van der Waals surface area (Å²) in [6.45, 7) is 3.91. The molecule has 0 bridgehead atoms. The number of benzene rings is 1.